The Balaban J connectivity index is 3.11. The maximum Gasteiger partial charge on any atom is 0.203 e. The lowest BCUT2D eigenvalue weighted by molar-refractivity contribution is 0.314. The summed E-state index contributed by atoms with van der Waals surface area (Å²) in [7, 11) is 4.56. The number of methoxy groups -OCH3 is 3. The van der Waals surface area contributed by atoms with Crippen LogP contribution in [0.3, 0.4) is 0 Å². The normalized spacial score (nSPS) is 9.12. The third-order valence-corrected chi connectivity index (χ3v) is 1.94. The van der Waals surface area contributed by atoms with Gasteiger partial charge in [0.05, 0.1) is 21.3 Å². The number of nitriles is 1. The van der Waals surface area contributed by atoms with Gasteiger partial charge >= 0.3 is 0 Å². The van der Waals surface area contributed by atoms with Crippen molar-refractivity contribution in [2.45, 2.75) is 0 Å². The van der Waals surface area contributed by atoms with E-state index in [2.05, 4.69) is 0 Å². The van der Waals surface area contributed by atoms with Gasteiger partial charge in [-0.15, -0.1) is 0 Å². The summed E-state index contributed by atoms with van der Waals surface area (Å²) >= 11 is 0. The molecule has 5 nitrogen and oxygen atoms in total. The Morgan fingerprint density at radius 3 is 2.00 bits per heavy atom. The molecule has 0 aliphatic carbocycles. The smallest absolute Gasteiger partial charge is 0.203 e. The fraction of sp³-hybridized carbons (Fsp3) is 0.364. The fourth-order valence-corrected chi connectivity index (χ4v) is 1.26. The van der Waals surface area contributed by atoms with Gasteiger partial charge in [0.15, 0.2) is 18.1 Å². The molecule has 0 heterocycles. The van der Waals surface area contributed by atoms with Crippen LogP contribution in [-0.2, 0) is 0 Å². The van der Waals surface area contributed by atoms with E-state index < -0.39 is 0 Å². The molecule has 86 valence electrons. The monoisotopic (exact) mass is 223 g/mol. The molecular formula is C11H13NO4. The van der Waals surface area contributed by atoms with E-state index in [0.717, 1.165) is 0 Å². The van der Waals surface area contributed by atoms with Gasteiger partial charge in [0.2, 0.25) is 5.75 Å². The van der Waals surface area contributed by atoms with Crippen LogP contribution in [0.1, 0.15) is 0 Å². The van der Waals surface area contributed by atoms with Crippen molar-refractivity contribution in [3.63, 3.8) is 0 Å². The Bertz CT molecular complexity index is 372. The molecule has 0 aliphatic heterocycles. The number of hydrogen-bond acceptors (Lipinski definition) is 5. The summed E-state index contributed by atoms with van der Waals surface area (Å²) in [6.07, 6.45) is 0. The molecule has 0 N–H and O–H groups in total. The zero-order valence-corrected chi connectivity index (χ0v) is 9.44. The zero-order valence-electron chi connectivity index (χ0n) is 9.44. The summed E-state index contributed by atoms with van der Waals surface area (Å²) in [6.45, 7) is -0.0291. The van der Waals surface area contributed by atoms with Crippen molar-refractivity contribution in [2.24, 2.45) is 0 Å². The molecule has 0 aromatic heterocycles. The lowest BCUT2D eigenvalue weighted by atomic mass is 10.2. The number of benzene rings is 1. The summed E-state index contributed by atoms with van der Waals surface area (Å²) in [5.41, 5.74) is 0. The van der Waals surface area contributed by atoms with Crippen LogP contribution in [0.5, 0.6) is 23.0 Å². The van der Waals surface area contributed by atoms with E-state index >= 15 is 0 Å². The minimum Gasteiger partial charge on any atom is -0.493 e. The van der Waals surface area contributed by atoms with Crippen LogP contribution in [-0.4, -0.2) is 27.9 Å². The molecule has 1 aromatic rings. The highest BCUT2D eigenvalue weighted by molar-refractivity contribution is 5.55. The van der Waals surface area contributed by atoms with Crippen molar-refractivity contribution in [3.05, 3.63) is 12.1 Å². The first-order valence-corrected chi connectivity index (χ1v) is 4.56. The van der Waals surface area contributed by atoms with Gasteiger partial charge in [-0.1, -0.05) is 0 Å². The number of rotatable bonds is 5. The van der Waals surface area contributed by atoms with Crippen molar-refractivity contribution in [3.8, 4) is 29.1 Å². The third kappa shape index (κ3) is 2.48. The molecule has 0 amide bonds. The second-order valence-electron chi connectivity index (χ2n) is 2.81. The van der Waals surface area contributed by atoms with Crippen LogP contribution in [0, 0.1) is 11.3 Å². The first kappa shape index (κ1) is 12.0. The van der Waals surface area contributed by atoms with Gasteiger partial charge in [-0.2, -0.15) is 5.26 Å². The Kier molecular flexibility index (Phi) is 4.28. The van der Waals surface area contributed by atoms with Crippen LogP contribution >= 0.6 is 0 Å². The van der Waals surface area contributed by atoms with Crippen LogP contribution in [0.15, 0.2) is 12.1 Å². The van der Waals surface area contributed by atoms with Crippen molar-refractivity contribution in [1.29, 1.82) is 5.26 Å². The van der Waals surface area contributed by atoms with Crippen LogP contribution in [0.2, 0.25) is 0 Å². The van der Waals surface area contributed by atoms with Gasteiger partial charge in [-0.3, -0.25) is 0 Å². The van der Waals surface area contributed by atoms with E-state index in [9.17, 15) is 0 Å². The second-order valence-corrected chi connectivity index (χ2v) is 2.81. The second kappa shape index (κ2) is 5.71. The van der Waals surface area contributed by atoms with E-state index in [1.165, 1.54) is 21.3 Å². The largest absolute Gasteiger partial charge is 0.493 e. The molecule has 0 saturated heterocycles. The van der Waals surface area contributed by atoms with Gasteiger partial charge in [0.1, 0.15) is 11.8 Å². The van der Waals surface area contributed by atoms with Gasteiger partial charge in [-0.05, 0) is 0 Å². The number of nitrogens with zero attached hydrogens (tertiary/aromatic N) is 1. The molecule has 0 spiro atoms. The average molecular weight is 223 g/mol. The molecule has 5 heteroatoms. The van der Waals surface area contributed by atoms with Crippen molar-refractivity contribution < 1.29 is 18.9 Å². The first-order valence-electron chi connectivity index (χ1n) is 4.56. The Morgan fingerprint density at radius 2 is 1.62 bits per heavy atom. The molecule has 16 heavy (non-hydrogen) atoms. The van der Waals surface area contributed by atoms with Crippen molar-refractivity contribution in [2.75, 3.05) is 27.9 Å². The van der Waals surface area contributed by atoms with Crippen LogP contribution < -0.4 is 18.9 Å². The quantitative estimate of drug-likeness (QED) is 0.759. The topological polar surface area (TPSA) is 60.7 Å². The number of hydrogen-bond donors (Lipinski definition) is 0. The highest BCUT2D eigenvalue weighted by Crippen LogP contribution is 2.40. The Labute approximate surface area is 94.1 Å². The average Bonchev–Trinajstić information content (AvgIpc) is 2.34. The minimum absolute atomic E-state index is 0.0291. The van der Waals surface area contributed by atoms with E-state index in [1.54, 1.807) is 12.1 Å². The van der Waals surface area contributed by atoms with Crippen molar-refractivity contribution in [1.82, 2.24) is 0 Å². The maximum absolute atomic E-state index is 8.42. The predicted octanol–water partition coefficient (Wildman–Crippen LogP) is 1.61. The first-order chi connectivity index (χ1) is 7.76. The molecule has 0 radical (unpaired) electrons. The van der Waals surface area contributed by atoms with Gasteiger partial charge in [0, 0.05) is 12.1 Å². The summed E-state index contributed by atoms with van der Waals surface area (Å²) in [4.78, 5) is 0. The van der Waals surface area contributed by atoms with E-state index in [-0.39, 0.29) is 6.61 Å². The summed E-state index contributed by atoms with van der Waals surface area (Å²) in [6, 6.07) is 5.16. The van der Waals surface area contributed by atoms with Gasteiger partial charge in [-0.25, -0.2) is 0 Å². The zero-order chi connectivity index (χ0) is 12.0. The standard InChI is InChI=1S/C11H13NO4/c1-13-9-6-8(16-5-4-12)7-10(14-2)11(9)15-3/h6-7H,5H2,1-3H3. The predicted molar refractivity (Wildman–Crippen MR) is 57.2 cm³/mol. The SMILES string of the molecule is COc1cc(OCC#N)cc(OC)c1OC. The van der Waals surface area contributed by atoms with E-state index in [1.807, 2.05) is 6.07 Å². The van der Waals surface area contributed by atoms with Gasteiger partial charge < -0.3 is 18.9 Å². The molecule has 0 saturated carbocycles. The molecule has 1 aromatic carbocycles. The number of ether oxygens (including phenoxy) is 4. The van der Waals surface area contributed by atoms with Gasteiger partial charge in [0.25, 0.3) is 0 Å². The molecule has 0 aliphatic rings. The Morgan fingerprint density at radius 1 is 1.06 bits per heavy atom. The highest BCUT2D eigenvalue weighted by Gasteiger charge is 2.13. The highest BCUT2D eigenvalue weighted by atomic mass is 16.5. The fourth-order valence-electron chi connectivity index (χ4n) is 1.26. The molecule has 1 rings (SSSR count). The summed E-state index contributed by atoms with van der Waals surface area (Å²) in [5, 5.41) is 8.42. The Hall–Kier alpha value is -2.09. The van der Waals surface area contributed by atoms with Crippen LogP contribution in [0.25, 0.3) is 0 Å². The van der Waals surface area contributed by atoms with Crippen molar-refractivity contribution >= 4 is 0 Å². The molecule has 0 bridgehead atoms. The molecular weight excluding hydrogens is 210 g/mol. The van der Waals surface area contributed by atoms with E-state index in [0.29, 0.717) is 23.0 Å². The lowest BCUT2D eigenvalue weighted by Gasteiger charge is -2.13. The maximum atomic E-state index is 8.42. The minimum atomic E-state index is -0.0291. The summed E-state index contributed by atoms with van der Waals surface area (Å²) in [5.74, 6) is 1.98. The molecule has 0 unspecified atom stereocenters. The van der Waals surface area contributed by atoms with Crippen LogP contribution in [0.4, 0.5) is 0 Å². The summed E-state index contributed by atoms with van der Waals surface area (Å²) < 4.78 is 20.6. The lowest BCUT2D eigenvalue weighted by Crippen LogP contribution is -1.98. The van der Waals surface area contributed by atoms with E-state index in [4.69, 9.17) is 24.2 Å². The molecule has 0 atom stereocenters. The third-order valence-electron chi connectivity index (χ3n) is 1.94. The molecule has 0 fully saturated rings.